The van der Waals surface area contributed by atoms with Gasteiger partial charge in [-0.1, -0.05) is 0 Å². The number of hydrogen-bond acceptors (Lipinski definition) is 4. The topological polar surface area (TPSA) is 74.0 Å². The van der Waals surface area contributed by atoms with Gasteiger partial charge in [-0.25, -0.2) is 0 Å². The van der Waals surface area contributed by atoms with E-state index in [0.717, 1.165) is 12.0 Å². The molecule has 3 atom stereocenters. The molecule has 3 heterocycles. The molecule has 1 aliphatic heterocycles. The van der Waals surface area contributed by atoms with E-state index in [2.05, 4.69) is 15.5 Å². The maximum atomic E-state index is 12.5. The Morgan fingerprint density at radius 2 is 2.41 bits per heavy atom. The van der Waals surface area contributed by atoms with Crippen LogP contribution in [0.15, 0.2) is 30.9 Å². The fourth-order valence-corrected chi connectivity index (χ4v) is 2.86. The van der Waals surface area contributed by atoms with Gasteiger partial charge in [-0.2, -0.15) is 10.2 Å². The van der Waals surface area contributed by atoms with Crippen molar-refractivity contribution in [2.75, 3.05) is 6.61 Å². The second-order valence-electron chi connectivity index (χ2n) is 5.77. The lowest BCUT2D eigenvalue weighted by atomic mass is 9.96. The van der Waals surface area contributed by atoms with Gasteiger partial charge in [0.15, 0.2) is 0 Å². The summed E-state index contributed by atoms with van der Waals surface area (Å²) in [6.07, 6.45) is 7.83. The molecule has 2 aromatic rings. The van der Waals surface area contributed by atoms with E-state index >= 15 is 0 Å². The molecule has 1 N–H and O–H groups in total. The van der Waals surface area contributed by atoms with E-state index in [9.17, 15) is 4.79 Å². The van der Waals surface area contributed by atoms with Crippen molar-refractivity contribution < 1.29 is 9.53 Å². The molecule has 0 aliphatic carbocycles. The summed E-state index contributed by atoms with van der Waals surface area (Å²) >= 11 is 0. The van der Waals surface area contributed by atoms with Crippen molar-refractivity contribution in [2.24, 2.45) is 13.0 Å². The highest BCUT2D eigenvalue weighted by Crippen LogP contribution is 2.34. The summed E-state index contributed by atoms with van der Waals surface area (Å²) in [6.45, 7) is 3.24. The number of nitrogens with zero attached hydrogens (tertiary/aromatic N) is 4. The molecular formula is C15H21N5O2. The first-order valence-corrected chi connectivity index (χ1v) is 7.51. The van der Waals surface area contributed by atoms with Gasteiger partial charge < -0.3 is 10.1 Å². The zero-order valence-corrected chi connectivity index (χ0v) is 12.8. The summed E-state index contributed by atoms with van der Waals surface area (Å²) in [5.41, 5.74) is 0.958. The maximum absolute atomic E-state index is 12.5. The predicted molar refractivity (Wildman–Crippen MR) is 79.8 cm³/mol. The fourth-order valence-electron chi connectivity index (χ4n) is 2.86. The Kier molecular flexibility index (Phi) is 4.24. The van der Waals surface area contributed by atoms with Gasteiger partial charge in [-0.3, -0.25) is 14.2 Å². The molecule has 7 nitrogen and oxygen atoms in total. The van der Waals surface area contributed by atoms with Crippen molar-refractivity contribution in [1.29, 1.82) is 0 Å². The number of rotatable bonds is 5. The quantitative estimate of drug-likeness (QED) is 0.890. The SMILES string of the molecule is C[C@@H](Cn1cccn1)NC(=O)[C@H]1CCO[C@@H]1c1cnn(C)c1. The van der Waals surface area contributed by atoms with Crippen molar-refractivity contribution in [3.63, 3.8) is 0 Å². The Balaban J connectivity index is 1.61. The van der Waals surface area contributed by atoms with Crippen molar-refractivity contribution in [3.05, 3.63) is 36.4 Å². The normalized spacial score (nSPS) is 22.6. The first-order chi connectivity index (χ1) is 10.6. The summed E-state index contributed by atoms with van der Waals surface area (Å²) in [6, 6.07) is 1.89. The minimum atomic E-state index is -0.203. The van der Waals surface area contributed by atoms with Crippen LogP contribution in [0, 0.1) is 5.92 Å². The summed E-state index contributed by atoms with van der Waals surface area (Å²) in [4.78, 5) is 12.5. The van der Waals surface area contributed by atoms with Crippen LogP contribution in [0.3, 0.4) is 0 Å². The molecule has 1 amide bonds. The highest BCUT2D eigenvalue weighted by atomic mass is 16.5. The molecule has 0 radical (unpaired) electrons. The van der Waals surface area contributed by atoms with Crippen LogP contribution >= 0.6 is 0 Å². The van der Waals surface area contributed by atoms with E-state index in [1.165, 1.54) is 0 Å². The second kappa shape index (κ2) is 6.31. The van der Waals surface area contributed by atoms with Crippen LogP contribution in [0.4, 0.5) is 0 Å². The molecule has 3 rings (SSSR count). The van der Waals surface area contributed by atoms with Crippen molar-refractivity contribution in [2.45, 2.75) is 32.0 Å². The minimum absolute atomic E-state index is 0.0162. The van der Waals surface area contributed by atoms with Gasteiger partial charge in [-0.15, -0.1) is 0 Å². The zero-order chi connectivity index (χ0) is 15.5. The maximum Gasteiger partial charge on any atom is 0.226 e. The number of aryl methyl sites for hydroxylation is 1. The molecule has 0 aromatic carbocycles. The van der Waals surface area contributed by atoms with E-state index in [-0.39, 0.29) is 24.0 Å². The molecule has 1 saturated heterocycles. The average molecular weight is 303 g/mol. The average Bonchev–Trinajstić information content (AvgIpc) is 3.17. The van der Waals surface area contributed by atoms with Gasteiger partial charge >= 0.3 is 0 Å². The molecule has 2 aromatic heterocycles. The number of carbonyl (C=O) groups is 1. The monoisotopic (exact) mass is 303 g/mol. The Hall–Kier alpha value is -2.15. The Labute approximate surface area is 129 Å². The lowest BCUT2D eigenvalue weighted by Crippen LogP contribution is -2.40. The molecular weight excluding hydrogens is 282 g/mol. The van der Waals surface area contributed by atoms with E-state index in [0.29, 0.717) is 13.2 Å². The Morgan fingerprint density at radius 3 is 3.09 bits per heavy atom. The number of nitrogens with one attached hydrogen (secondary N) is 1. The van der Waals surface area contributed by atoms with E-state index in [4.69, 9.17) is 4.74 Å². The Bertz CT molecular complexity index is 622. The van der Waals surface area contributed by atoms with Crippen LogP contribution in [-0.2, 0) is 23.1 Å². The van der Waals surface area contributed by atoms with Gasteiger partial charge in [0.25, 0.3) is 0 Å². The lowest BCUT2D eigenvalue weighted by molar-refractivity contribution is -0.127. The van der Waals surface area contributed by atoms with Crippen LogP contribution in [0.5, 0.6) is 0 Å². The molecule has 0 bridgehead atoms. The van der Waals surface area contributed by atoms with Crippen molar-refractivity contribution in [1.82, 2.24) is 24.9 Å². The third-order valence-electron chi connectivity index (χ3n) is 3.89. The smallest absolute Gasteiger partial charge is 0.226 e. The van der Waals surface area contributed by atoms with E-state index in [1.54, 1.807) is 17.1 Å². The zero-order valence-electron chi connectivity index (χ0n) is 12.8. The predicted octanol–water partition coefficient (Wildman–Crippen LogP) is 0.899. The Morgan fingerprint density at radius 1 is 1.55 bits per heavy atom. The van der Waals surface area contributed by atoms with Gasteiger partial charge in [0.1, 0.15) is 0 Å². The van der Waals surface area contributed by atoms with Gasteiger partial charge in [-0.05, 0) is 19.4 Å². The van der Waals surface area contributed by atoms with Gasteiger partial charge in [0, 0.05) is 43.9 Å². The summed E-state index contributed by atoms with van der Waals surface area (Å²) in [7, 11) is 1.86. The number of ether oxygens (including phenoxy) is 1. The van der Waals surface area contributed by atoms with Gasteiger partial charge in [0.2, 0.25) is 5.91 Å². The lowest BCUT2D eigenvalue weighted by Gasteiger charge is -2.20. The molecule has 1 fully saturated rings. The van der Waals surface area contributed by atoms with E-state index in [1.807, 2.05) is 37.1 Å². The second-order valence-corrected chi connectivity index (χ2v) is 5.77. The molecule has 22 heavy (non-hydrogen) atoms. The van der Waals surface area contributed by atoms with Gasteiger partial charge in [0.05, 0.1) is 24.8 Å². The van der Waals surface area contributed by atoms with Crippen molar-refractivity contribution >= 4 is 5.91 Å². The highest BCUT2D eigenvalue weighted by Gasteiger charge is 2.36. The third kappa shape index (κ3) is 3.19. The molecule has 0 saturated carbocycles. The van der Waals surface area contributed by atoms with Crippen molar-refractivity contribution in [3.8, 4) is 0 Å². The minimum Gasteiger partial charge on any atom is -0.373 e. The van der Waals surface area contributed by atoms with Crippen LogP contribution < -0.4 is 5.32 Å². The van der Waals surface area contributed by atoms with Crippen LogP contribution in [0.25, 0.3) is 0 Å². The largest absolute Gasteiger partial charge is 0.373 e. The molecule has 118 valence electrons. The first-order valence-electron chi connectivity index (χ1n) is 7.51. The van der Waals surface area contributed by atoms with E-state index < -0.39 is 0 Å². The number of aromatic nitrogens is 4. The molecule has 0 unspecified atom stereocenters. The van der Waals surface area contributed by atoms with Crippen LogP contribution in [-0.4, -0.2) is 38.1 Å². The number of carbonyl (C=O) groups excluding carboxylic acids is 1. The molecule has 0 spiro atoms. The summed E-state index contributed by atoms with van der Waals surface area (Å²) in [5.74, 6) is -0.129. The number of hydrogen-bond donors (Lipinski definition) is 1. The third-order valence-corrected chi connectivity index (χ3v) is 3.89. The summed E-state index contributed by atoms with van der Waals surface area (Å²) < 4.78 is 9.28. The molecule has 7 heteroatoms. The summed E-state index contributed by atoms with van der Waals surface area (Å²) in [5, 5.41) is 11.4. The fraction of sp³-hybridized carbons (Fsp3) is 0.533. The standard InChI is InChI=1S/C15H21N5O2/c1-11(9-20-6-3-5-16-20)18-15(21)13-4-7-22-14(13)12-8-17-19(2)10-12/h3,5-6,8,10-11,13-14H,4,7,9H2,1-2H3,(H,18,21)/t11-,13-,14+/m0/s1. The number of amides is 1. The highest BCUT2D eigenvalue weighted by molar-refractivity contribution is 5.80. The van der Waals surface area contributed by atoms with Crippen LogP contribution in [0.1, 0.15) is 25.0 Å². The molecule has 1 aliphatic rings. The first kappa shape index (κ1) is 14.8. The van der Waals surface area contributed by atoms with Crippen LogP contribution in [0.2, 0.25) is 0 Å².